The summed E-state index contributed by atoms with van der Waals surface area (Å²) in [6.45, 7) is 3.67. The number of Topliss-reactive ketones (excluding diaryl/α,β-unsaturated/α-hetero) is 1. The highest BCUT2D eigenvalue weighted by Crippen LogP contribution is 2.29. The molecule has 4 rings (SSSR count). The largest absolute Gasteiger partial charge is 0.457 e. The van der Waals surface area contributed by atoms with E-state index in [0.29, 0.717) is 11.3 Å². The van der Waals surface area contributed by atoms with Crippen LogP contribution in [0.5, 0.6) is 0 Å². The normalized spacial score (nSPS) is 15.2. The Morgan fingerprint density at radius 3 is 2.20 bits per heavy atom. The number of amides is 1. The lowest BCUT2D eigenvalue weighted by molar-refractivity contribution is -0.384. The molecule has 0 radical (unpaired) electrons. The highest BCUT2D eigenvalue weighted by Gasteiger charge is 2.36. The number of hydrogen-bond acceptors (Lipinski definition) is 6. The summed E-state index contributed by atoms with van der Waals surface area (Å²) in [4.78, 5) is 49.4. The average molecular weight is 472 g/mol. The van der Waals surface area contributed by atoms with E-state index in [2.05, 4.69) is 0 Å². The molecule has 1 atom stereocenters. The number of nitro groups is 1. The summed E-state index contributed by atoms with van der Waals surface area (Å²) < 4.78 is 5.23. The number of ether oxygens (including phenoxy) is 1. The van der Waals surface area contributed by atoms with Crippen LogP contribution in [0, 0.1) is 29.9 Å². The monoisotopic (exact) mass is 472 g/mol. The van der Waals surface area contributed by atoms with Crippen LogP contribution in [0.1, 0.15) is 27.9 Å². The number of aryl methyl sites for hydroxylation is 2. The van der Waals surface area contributed by atoms with Gasteiger partial charge in [-0.1, -0.05) is 24.3 Å². The maximum Gasteiger partial charge on any atom is 0.311 e. The summed E-state index contributed by atoms with van der Waals surface area (Å²) in [5, 5.41) is 10.8. The summed E-state index contributed by atoms with van der Waals surface area (Å²) in [6.07, 6.45) is 0.0147. The summed E-state index contributed by atoms with van der Waals surface area (Å²) in [5.74, 6) is -1.70. The highest BCUT2D eigenvalue weighted by molar-refractivity contribution is 6.01. The standard InChI is InChI=1S/C27H24N2O6/c1-17-3-4-21(13-18(17)2)25(30)16-35-27(32)22-14-26(31)28(15-22)23-9-5-19(6-10-23)20-7-11-24(12-8-20)29(33)34/h3-13,22H,14-16H2,1-2H3/t22-/m1/s1. The van der Waals surface area contributed by atoms with E-state index in [-0.39, 0.29) is 37.0 Å². The van der Waals surface area contributed by atoms with Crippen molar-refractivity contribution in [2.45, 2.75) is 20.3 Å². The number of rotatable bonds is 7. The van der Waals surface area contributed by atoms with Crippen LogP contribution in [0.15, 0.2) is 66.7 Å². The second-order valence-electron chi connectivity index (χ2n) is 8.59. The third kappa shape index (κ3) is 5.27. The molecule has 0 aromatic heterocycles. The van der Waals surface area contributed by atoms with E-state index < -0.39 is 16.8 Å². The van der Waals surface area contributed by atoms with Crippen molar-refractivity contribution in [3.05, 3.63) is 93.5 Å². The zero-order chi connectivity index (χ0) is 25.1. The maximum atomic E-state index is 12.6. The number of carbonyl (C=O) groups excluding carboxylic acids is 3. The van der Waals surface area contributed by atoms with Gasteiger partial charge in [-0.3, -0.25) is 24.5 Å². The quantitative estimate of drug-likeness (QED) is 0.214. The van der Waals surface area contributed by atoms with Crippen molar-refractivity contribution in [2.75, 3.05) is 18.1 Å². The minimum Gasteiger partial charge on any atom is -0.457 e. The number of non-ortho nitro benzene ring substituents is 1. The maximum absolute atomic E-state index is 12.6. The minimum absolute atomic E-state index is 0.0147. The molecule has 0 saturated carbocycles. The Kier molecular flexibility index (Phi) is 6.73. The molecule has 178 valence electrons. The van der Waals surface area contributed by atoms with Gasteiger partial charge in [-0.25, -0.2) is 0 Å². The van der Waals surface area contributed by atoms with Crippen LogP contribution in [0.2, 0.25) is 0 Å². The van der Waals surface area contributed by atoms with Crippen molar-refractivity contribution >= 4 is 29.0 Å². The van der Waals surface area contributed by atoms with Crippen LogP contribution in [0.4, 0.5) is 11.4 Å². The number of carbonyl (C=O) groups is 3. The van der Waals surface area contributed by atoms with Crippen LogP contribution >= 0.6 is 0 Å². The minimum atomic E-state index is -0.649. The van der Waals surface area contributed by atoms with Gasteiger partial charge in [0.05, 0.1) is 10.8 Å². The fourth-order valence-electron chi connectivity index (χ4n) is 3.98. The van der Waals surface area contributed by atoms with Gasteiger partial charge < -0.3 is 9.64 Å². The molecule has 0 aliphatic carbocycles. The molecular formula is C27H24N2O6. The Labute approximate surface area is 202 Å². The molecular weight excluding hydrogens is 448 g/mol. The van der Waals surface area contributed by atoms with Crippen LogP contribution in [0.25, 0.3) is 11.1 Å². The fraction of sp³-hybridized carbons (Fsp3) is 0.222. The molecule has 0 unspecified atom stereocenters. The Bertz CT molecular complexity index is 1300. The van der Waals surface area contributed by atoms with Crippen LogP contribution in [-0.4, -0.2) is 35.7 Å². The first kappa shape index (κ1) is 23.8. The number of nitro benzene ring substituents is 1. The van der Waals surface area contributed by atoms with Gasteiger partial charge in [0.25, 0.3) is 5.69 Å². The van der Waals surface area contributed by atoms with Crippen LogP contribution < -0.4 is 4.90 Å². The average Bonchev–Trinajstić information content (AvgIpc) is 3.25. The number of esters is 1. The second kappa shape index (κ2) is 9.89. The first-order valence-corrected chi connectivity index (χ1v) is 11.2. The fourth-order valence-corrected chi connectivity index (χ4v) is 3.98. The number of ketones is 1. The molecule has 0 N–H and O–H groups in total. The van der Waals surface area contributed by atoms with E-state index >= 15 is 0 Å². The predicted octanol–water partition coefficient (Wildman–Crippen LogP) is 4.66. The predicted molar refractivity (Wildman–Crippen MR) is 130 cm³/mol. The van der Waals surface area contributed by atoms with Crippen molar-refractivity contribution < 1.29 is 24.0 Å². The van der Waals surface area contributed by atoms with Crippen LogP contribution in [-0.2, 0) is 14.3 Å². The molecule has 0 bridgehead atoms. The van der Waals surface area contributed by atoms with E-state index in [0.717, 1.165) is 22.3 Å². The molecule has 3 aromatic rings. The third-order valence-corrected chi connectivity index (χ3v) is 6.22. The number of benzene rings is 3. The lowest BCUT2D eigenvalue weighted by atomic mass is 10.0. The summed E-state index contributed by atoms with van der Waals surface area (Å²) in [6, 6.07) is 18.7. The zero-order valence-corrected chi connectivity index (χ0v) is 19.4. The van der Waals surface area contributed by atoms with Gasteiger partial charge in [-0.15, -0.1) is 0 Å². The molecule has 3 aromatic carbocycles. The van der Waals surface area contributed by atoms with E-state index in [4.69, 9.17) is 4.74 Å². The topological polar surface area (TPSA) is 107 Å². The van der Waals surface area contributed by atoms with Crippen molar-refractivity contribution in [1.29, 1.82) is 0 Å². The van der Waals surface area contributed by atoms with Gasteiger partial charge in [0.1, 0.15) is 0 Å². The lowest BCUT2D eigenvalue weighted by Crippen LogP contribution is -2.27. The Morgan fingerprint density at radius 1 is 0.971 bits per heavy atom. The Morgan fingerprint density at radius 2 is 1.60 bits per heavy atom. The smallest absolute Gasteiger partial charge is 0.311 e. The molecule has 1 heterocycles. The molecule has 1 amide bonds. The van der Waals surface area contributed by atoms with Gasteiger partial charge in [0, 0.05) is 36.3 Å². The molecule has 1 aliphatic heterocycles. The van der Waals surface area contributed by atoms with Crippen molar-refractivity contribution in [2.24, 2.45) is 5.92 Å². The number of nitrogens with zero attached hydrogens (tertiary/aromatic N) is 2. The summed E-state index contributed by atoms with van der Waals surface area (Å²) in [5.41, 5.74) is 4.85. The van der Waals surface area contributed by atoms with Gasteiger partial charge >= 0.3 is 5.97 Å². The molecule has 35 heavy (non-hydrogen) atoms. The second-order valence-corrected chi connectivity index (χ2v) is 8.59. The molecule has 8 nitrogen and oxygen atoms in total. The molecule has 1 fully saturated rings. The Balaban J connectivity index is 1.36. The lowest BCUT2D eigenvalue weighted by Gasteiger charge is -2.17. The van der Waals surface area contributed by atoms with E-state index in [1.165, 1.54) is 17.0 Å². The van der Waals surface area contributed by atoms with Crippen molar-refractivity contribution in [3.63, 3.8) is 0 Å². The van der Waals surface area contributed by atoms with Gasteiger partial charge in [0.2, 0.25) is 5.91 Å². The Hall–Kier alpha value is -4.33. The first-order chi connectivity index (χ1) is 16.7. The first-order valence-electron chi connectivity index (χ1n) is 11.2. The molecule has 1 saturated heterocycles. The van der Waals surface area contributed by atoms with Gasteiger partial charge in [0.15, 0.2) is 12.4 Å². The molecule has 0 spiro atoms. The number of hydrogen-bond donors (Lipinski definition) is 0. The number of anilines is 1. The van der Waals surface area contributed by atoms with E-state index in [1.807, 2.05) is 32.0 Å². The molecule has 8 heteroatoms. The van der Waals surface area contributed by atoms with Crippen molar-refractivity contribution in [3.8, 4) is 11.1 Å². The summed E-state index contributed by atoms with van der Waals surface area (Å²) >= 11 is 0. The van der Waals surface area contributed by atoms with Gasteiger partial charge in [-0.05, 0) is 66.4 Å². The highest BCUT2D eigenvalue weighted by atomic mass is 16.6. The van der Waals surface area contributed by atoms with E-state index in [9.17, 15) is 24.5 Å². The summed E-state index contributed by atoms with van der Waals surface area (Å²) in [7, 11) is 0. The zero-order valence-electron chi connectivity index (χ0n) is 19.4. The van der Waals surface area contributed by atoms with Crippen LogP contribution in [0.3, 0.4) is 0 Å². The van der Waals surface area contributed by atoms with Crippen molar-refractivity contribution in [1.82, 2.24) is 0 Å². The van der Waals surface area contributed by atoms with Gasteiger partial charge in [-0.2, -0.15) is 0 Å². The third-order valence-electron chi connectivity index (χ3n) is 6.22. The van der Waals surface area contributed by atoms with E-state index in [1.54, 1.807) is 36.4 Å². The molecule has 1 aliphatic rings. The SMILES string of the molecule is Cc1ccc(C(=O)COC(=O)[C@@H]2CC(=O)N(c3ccc(-c4ccc([N+](=O)[O-])cc4)cc3)C2)cc1C.